The molecule has 3 rings (SSSR count). The van der Waals surface area contributed by atoms with Crippen molar-refractivity contribution in [2.45, 2.75) is 70.8 Å². The summed E-state index contributed by atoms with van der Waals surface area (Å²) in [7, 11) is 0. The fourth-order valence-corrected chi connectivity index (χ4v) is 4.20. The van der Waals surface area contributed by atoms with Gasteiger partial charge in [0.2, 0.25) is 0 Å². The van der Waals surface area contributed by atoms with Crippen molar-refractivity contribution in [1.82, 2.24) is 0 Å². The molecular weight excluding hydrogens is 262 g/mol. The number of allylic oxidation sites excluding steroid dienone is 4. The highest BCUT2D eigenvalue weighted by Gasteiger charge is 2.48. The van der Waals surface area contributed by atoms with E-state index in [0.29, 0.717) is 18.6 Å². The molecule has 0 aromatic rings. The van der Waals surface area contributed by atoms with E-state index in [0.717, 1.165) is 50.7 Å². The summed E-state index contributed by atoms with van der Waals surface area (Å²) < 4.78 is 6.19. The van der Waals surface area contributed by atoms with Crippen LogP contribution in [-0.2, 0) is 9.53 Å². The SMILES string of the molecule is CCC12CCC3=C(CCC(CCCC#N)O3)C1=CCC2=O. The van der Waals surface area contributed by atoms with E-state index in [9.17, 15) is 4.79 Å². The Kier molecular flexibility index (Phi) is 3.89. The van der Waals surface area contributed by atoms with Gasteiger partial charge in [-0.2, -0.15) is 5.26 Å². The molecule has 2 atom stereocenters. The van der Waals surface area contributed by atoms with Crippen LogP contribution in [0.3, 0.4) is 0 Å². The highest BCUT2D eigenvalue weighted by molar-refractivity contribution is 5.94. The number of hydrogen-bond donors (Lipinski definition) is 0. The zero-order valence-electron chi connectivity index (χ0n) is 12.8. The van der Waals surface area contributed by atoms with E-state index in [1.54, 1.807) is 0 Å². The number of unbranched alkanes of at least 4 members (excludes halogenated alkanes) is 1. The van der Waals surface area contributed by atoms with E-state index in [4.69, 9.17) is 10.00 Å². The molecule has 0 radical (unpaired) electrons. The van der Waals surface area contributed by atoms with Crippen LogP contribution in [0.15, 0.2) is 23.0 Å². The number of ketones is 1. The lowest BCUT2D eigenvalue weighted by molar-refractivity contribution is -0.125. The van der Waals surface area contributed by atoms with Crippen LogP contribution in [0.2, 0.25) is 0 Å². The zero-order valence-corrected chi connectivity index (χ0v) is 12.8. The minimum absolute atomic E-state index is 0.199. The number of hydrogen-bond acceptors (Lipinski definition) is 3. The molecule has 2 unspecified atom stereocenters. The van der Waals surface area contributed by atoms with Crippen LogP contribution < -0.4 is 0 Å². The normalized spacial score (nSPS) is 31.1. The molecule has 3 aliphatic rings. The molecule has 3 heteroatoms. The molecule has 0 saturated heterocycles. The highest BCUT2D eigenvalue weighted by Crippen LogP contribution is 2.53. The van der Waals surface area contributed by atoms with Gasteiger partial charge in [-0.3, -0.25) is 4.79 Å². The number of carbonyl (C=O) groups is 1. The summed E-state index contributed by atoms with van der Waals surface area (Å²) in [6, 6.07) is 2.20. The van der Waals surface area contributed by atoms with Gasteiger partial charge < -0.3 is 4.74 Å². The van der Waals surface area contributed by atoms with Crippen molar-refractivity contribution in [3.63, 3.8) is 0 Å². The van der Waals surface area contributed by atoms with Crippen molar-refractivity contribution in [2.24, 2.45) is 5.41 Å². The summed E-state index contributed by atoms with van der Waals surface area (Å²) in [4.78, 5) is 12.3. The molecule has 112 valence electrons. The van der Waals surface area contributed by atoms with Gasteiger partial charge in [-0.25, -0.2) is 0 Å². The number of ether oxygens (including phenoxy) is 1. The lowest BCUT2D eigenvalue weighted by atomic mass is 9.67. The first-order valence-corrected chi connectivity index (χ1v) is 8.21. The maximum Gasteiger partial charge on any atom is 0.147 e. The average molecular weight is 285 g/mol. The van der Waals surface area contributed by atoms with Crippen molar-refractivity contribution < 1.29 is 9.53 Å². The molecule has 0 aromatic heterocycles. The molecule has 1 heterocycles. The van der Waals surface area contributed by atoms with Gasteiger partial charge in [-0.15, -0.1) is 0 Å². The number of Topliss-reactive ketones (excluding diaryl/α,β-unsaturated/α-hetero) is 1. The molecule has 0 fully saturated rings. The van der Waals surface area contributed by atoms with Gasteiger partial charge in [0.1, 0.15) is 5.78 Å². The first kappa shape index (κ1) is 14.4. The molecular formula is C18H23NO2. The lowest BCUT2D eigenvalue weighted by Gasteiger charge is -2.40. The zero-order chi connectivity index (χ0) is 14.9. The summed E-state index contributed by atoms with van der Waals surface area (Å²) in [5, 5.41) is 8.63. The predicted octanol–water partition coefficient (Wildman–Crippen LogP) is 4.20. The van der Waals surface area contributed by atoms with Gasteiger partial charge in [0.25, 0.3) is 0 Å². The standard InChI is InChI=1S/C18H23NO2/c1-2-18-11-10-16-14(15(18)8-9-17(18)20)7-6-13(21-16)5-3-4-12-19/h8,13H,2-7,9-11H2,1H3. The molecule has 0 spiro atoms. The second-order valence-electron chi connectivity index (χ2n) is 6.41. The van der Waals surface area contributed by atoms with Crippen LogP contribution in [0.5, 0.6) is 0 Å². The van der Waals surface area contributed by atoms with Crippen LogP contribution >= 0.6 is 0 Å². The molecule has 21 heavy (non-hydrogen) atoms. The van der Waals surface area contributed by atoms with Gasteiger partial charge in [-0.1, -0.05) is 13.0 Å². The molecule has 3 nitrogen and oxygen atoms in total. The summed E-state index contributed by atoms with van der Waals surface area (Å²) in [5.74, 6) is 1.54. The summed E-state index contributed by atoms with van der Waals surface area (Å²) in [5.41, 5.74) is 2.41. The summed E-state index contributed by atoms with van der Waals surface area (Å²) >= 11 is 0. The molecule has 0 bridgehead atoms. The smallest absolute Gasteiger partial charge is 0.147 e. The Hall–Kier alpha value is -1.56. The van der Waals surface area contributed by atoms with Gasteiger partial charge >= 0.3 is 0 Å². The second-order valence-corrected chi connectivity index (χ2v) is 6.41. The maximum atomic E-state index is 12.3. The Labute approximate surface area is 126 Å². The average Bonchev–Trinajstić information content (AvgIpc) is 2.85. The molecule has 2 aliphatic carbocycles. The van der Waals surface area contributed by atoms with E-state index in [1.165, 1.54) is 11.1 Å². The van der Waals surface area contributed by atoms with E-state index >= 15 is 0 Å². The molecule has 0 aromatic carbocycles. The number of nitrogens with zero attached hydrogens (tertiary/aromatic N) is 1. The van der Waals surface area contributed by atoms with Crippen LogP contribution in [-0.4, -0.2) is 11.9 Å². The Morgan fingerprint density at radius 1 is 1.48 bits per heavy atom. The first-order valence-electron chi connectivity index (χ1n) is 8.21. The fraction of sp³-hybridized carbons (Fsp3) is 0.667. The summed E-state index contributed by atoms with van der Waals surface area (Å²) in [6.45, 7) is 2.14. The third-order valence-corrected chi connectivity index (χ3v) is 5.42. The third kappa shape index (κ3) is 2.31. The van der Waals surface area contributed by atoms with E-state index in [-0.39, 0.29) is 11.5 Å². The van der Waals surface area contributed by atoms with Gasteiger partial charge in [0, 0.05) is 19.3 Å². The maximum absolute atomic E-state index is 12.3. The Morgan fingerprint density at radius 2 is 2.33 bits per heavy atom. The number of rotatable bonds is 4. The number of fused-ring (bicyclic) bond motifs is 2. The van der Waals surface area contributed by atoms with Crippen molar-refractivity contribution in [3.8, 4) is 6.07 Å². The Morgan fingerprint density at radius 3 is 3.10 bits per heavy atom. The molecule has 0 amide bonds. The van der Waals surface area contributed by atoms with Crippen molar-refractivity contribution in [3.05, 3.63) is 23.0 Å². The monoisotopic (exact) mass is 285 g/mol. The summed E-state index contributed by atoms with van der Waals surface area (Å²) in [6.07, 6.45) is 10.3. The van der Waals surface area contributed by atoms with Gasteiger partial charge in [0.05, 0.1) is 23.3 Å². The predicted molar refractivity (Wildman–Crippen MR) is 80.3 cm³/mol. The van der Waals surface area contributed by atoms with Crippen molar-refractivity contribution in [1.29, 1.82) is 5.26 Å². The van der Waals surface area contributed by atoms with Gasteiger partial charge in [0.15, 0.2) is 0 Å². The molecule has 0 saturated carbocycles. The van der Waals surface area contributed by atoms with Crippen LogP contribution in [0.25, 0.3) is 0 Å². The minimum atomic E-state index is -0.199. The van der Waals surface area contributed by atoms with E-state index < -0.39 is 0 Å². The topological polar surface area (TPSA) is 50.1 Å². The second kappa shape index (κ2) is 5.67. The Balaban J connectivity index is 1.76. The van der Waals surface area contributed by atoms with Gasteiger partial charge in [-0.05, 0) is 49.7 Å². The first-order chi connectivity index (χ1) is 10.2. The fourth-order valence-electron chi connectivity index (χ4n) is 4.20. The third-order valence-electron chi connectivity index (χ3n) is 5.42. The van der Waals surface area contributed by atoms with Crippen LogP contribution in [0.1, 0.15) is 64.7 Å². The van der Waals surface area contributed by atoms with Crippen LogP contribution in [0.4, 0.5) is 0 Å². The molecule has 1 aliphatic heterocycles. The highest BCUT2D eigenvalue weighted by atomic mass is 16.5. The van der Waals surface area contributed by atoms with Crippen molar-refractivity contribution >= 4 is 5.78 Å². The largest absolute Gasteiger partial charge is 0.494 e. The number of nitriles is 1. The lowest BCUT2D eigenvalue weighted by Crippen LogP contribution is -2.35. The minimum Gasteiger partial charge on any atom is -0.494 e. The molecule has 0 N–H and O–H groups in total. The van der Waals surface area contributed by atoms with Crippen LogP contribution in [0, 0.1) is 16.7 Å². The van der Waals surface area contributed by atoms with E-state index in [1.807, 2.05) is 0 Å². The number of carbonyl (C=O) groups excluding carboxylic acids is 1. The quantitative estimate of drug-likeness (QED) is 0.727. The van der Waals surface area contributed by atoms with E-state index in [2.05, 4.69) is 19.1 Å². The Bertz CT molecular complexity index is 552. The van der Waals surface area contributed by atoms with Crippen molar-refractivity contribution in [2.75, 3.05) is 0 Å².